The Labute approximate surface area is 140 Å². The van der Waals surface area contributed by atoms with E-state index in [4.69, 9.17) is 10.5 Å². The molecule has 2 N–H and O–H groups in total. The first-order chi connectivity index (χ1) is 11.5. The molecule has 24 heavy (non-hydrogen) atoms. The minimum Gasteiger partial charge on any atom is -0.481 e. The van der Waals surface area contributed by atoms with Crippen molar-refractivity contribution in [1.82, 2.24) is 9.88 Å². The molecular formula is C18H21N3O3. The fourth-order valence-corrected chi connectivity index (χ4v) is 3.20. The molecule has 6 heteroatoms. The van der Waals surface area contributed by atoms with Gasteiger partial charge in [0.05, 0.1) is 13.0 Å². The smallest absolute Gasteiger partial charge is 0.272 e. The van der Waals surface area contributed by atoms with E-state index < -0.39 is 0 Å². The molecule has 2 aromatic rings. The maximum absolute atomic E-state index is 12.9. The summed E-state index contributed by atoms with van der Waals surface area (Å²) in [6.07, 6.45) is 1.47. The summed E-state index contributed by atoms with van der Waals surface area (Å²) < 4.78 is 5.34. The lowest BCUT2D eigenvalue weighted by Crippen LogP contribution is -2.48. The molecule has 0 saturated carbocycles. The second-order valence-corrected chi connectivity index (χ2v) is 6.22. The van der Waals surface area contributed by atoms with E-state index >= 15 is 0 Å². The first kappa shape index (κ1) is 16.2. The maximum atomic E-state index is 12.9. The molecule has 126 valence electrons. The second-order valence-electron chi connectivity index (χ2n) is 6.22. The quantitative estimate of drug-likeness (QED) is 0.934. The van der Waals surface area contributed by atoms with Crippen molar-refractivity contribution in [2.75, 3.05) is 13.7 Å². The summed E-state index contributed by atoms with van der Waals surface area (Å²) in [5.41, 5.74) is 5.74. The van der Waals surface area contributed by atoms with E-state index in [0.717, 1.165) is 23.6 Å². The lowest BCUT2D eigenvalue weighted by Gasteiger charge is -2.36. The minimum absolute atomic E-state index is 0.0485. The first-order valence-electron chi connectivity index (χ1n) is 8.05. The number of benzene rings is 1. The fraction of sp³-hybridized carbons (Fsp3) is 0.389. The number of likely N-dealkylation sites (tertiary alicyclic amines) is 1. The molecule has 6 nitrogen and oxygen atoms in total. The van der Waals surface area contributed by atoms with Crippen molar-refractivity contribution >= 4 is 22.6 Å². The van der Waals surface area contributed by atoms with Crippen LogP contribution in [0.25, 0.3) is 10.8 Å². The van der Waals surface area contributed by atoms with Gasteiger partial charge in [-0.2, -0.15) is 0 Å². The number of methoxy groups -OCH3 is 1. The number of pyridine rings is 1. The van der Waals surface area contributed by atoms with Crippen LogP contribution in [0.1, 0.15) is 30.3 Å². The Morgan fingerprint density at radius 3 is 2.75 bits per heavy atom. The molecule has 1 fully saturated rings. The molecular weight excluding hydrogens is 306 g/mol. The van der Waals surface area contributed by atoms with Crippen LogP contribution in [0.2, 0.25) is 0 Å². The molecule has 0 aliphatic carbocycles. The predicted molar refractivity (Wildman–Crippen MR) is 90.7 cm³/mol. The summed E-state index contributed by atoms with van der Waals surface area (Å²) in [5.74, 6) is -0.429. The summed E-state index contributed by atoms with van der Waals surface area (Å²) in [7, 11) is 1.54. The largest absolute Gasteiger partial charge is 0.481 e. The maximum Gasteiger partial charge on any atom is 0.272 e. The standard InChI is InChI=1S/C18H21N3O3/c1-11-7-8-13(16(19)22)10-21(11)18(23)15-9-12-5-3-4-6-14(12)17(20-15)24-2/h3-6,9,11,13H,7-8,10H2,1-2H3,(H2,19,22)/t11-,13-/m1/s1. The average molecular weight is 327 g/mol. The molecule has 2 atom stereocenters. The van der Waals surface area contributed by atoms with Crippen molar-refractivity contribution in [3.63, 3.8) is 0 Å². The molecule has 1 aromatic heterocycles. The molecule has 0 unspecified atom stereocenters. The normalized spacial score (nSPS) is 20.8. The molecule has 0 radical (unpaired) electrons. The zero-order valence-corrected chi connectivity index (χ0v) is 13.9. The molecule has 1 aliphatic heterocycles. The highest BCUT2D eigenvalue weighted by molar-refractivity contribution is 5.98. The number of primary amides is 1. The van der Waals surface area contributed by atoms with Gasteiger partial charge in [-0.3, -0.25) is 9.59 Å². The number of nitrogens with two attached hydrogens (primary N) is 1. The first-order valence-corrected chi connectivity index (χ1v) is 8.05. The van der Waals surface area contributed by atoms with E-state index in [1.54, 1.807) is 11.0 Å². The Hall–Kier alpha value is -2.63. The summed E-state index contributed by atoms with van der Waals surface area (Å²) in [6.45, 7) is 2.32. The third-order valence-corrected chi connectivity index (χ3v) is 4.66. The van der Waals surface area contributed by atoms with Gasteiger partial charge in [0, 0.05) is 18.0 Å². The number of amides is 2. The van der Waals surface area contributed by atoms with Crippen LogP contribution in [-0.4, -0.2) is 41.4 Å². The van der Waals surface area contributed by atoms with Crippen molar-refractivity contribution in [3.05, 3.63) is 36.0 Å². The topological polar surface area (TPSA) is 85.5 Å². The number of fused-ring (bicyclic) bond motifs is 1. The van der Waals surface area contributed by atoms with Gasteiger partial charge in [0.15, 0.2) is 0 Å². The van der Waals surface area contributed by atoms with E-state index in [9.17, 15) is 9.59 Å². The molecule has 0 spiro atoms. The van der Waals surface area contributed by atoms with Crippen molar-refractivity contribution in [3.8, 4) is 5.88 Å². The Morgan fingerprint density at radius 2 is 2.04 bits per heavy atom. The second kappa shape index (κ2) is 6.47. The number of rotatable bonds is 3. The Morgan fingerprint density at radius 1 is 1.29 bits per heavy atom. The number of hydrogen-bond donors (Lipinski definition) is 1. The number of nitrogens with zero attached hydrogens (tertiary/aromatic N) is 2. The Balaban J connectivity index is 1.97. The van der Waals surface area contributed by atoms with E-state index in [1.165, 1.54) is 7.11 Å². The lowest BCUT2D eigenvalue weighted by atomic mass is 9.92. The molecule has 1 aromatic carbocycles. The molecule has 3 rings (SSSR count). The monoisotopic (exact) mass is 327 g/mol. The summed E-state index contributed by atoms with van der Waals surface area (Å²) in [6, 6.07) is 9.44. The zero-order chi connectivity index (χ0) is 17.3. The van der Waals surface area contributed by atoms with Crippen molar-refractivity contribution < 1.29 is 14.3 Å². The van der Waals surface area contributed by atoms with Crippen molar-refractivity contribution in [2.24, 2.45) is 11.7 Å². The van der Waals surface area contributed by atoms with Crippen LogP contribution in [0.5, 0.6) is 5.88 Å². The average Bonchev–Trinajstić information content (AvgIpc) is 2.60. The van der Waals surface area contributed by atoms with Crippen LogP contribution in [0.15, 0.2) is 30.3 Å². The van der Waals surface area contributed by atoms with Crippen molar-refractivity contribution in [1.29, 1.82) is 0 Å². The molecule has 0 bridgehead atoms. The molecule has 2 heterocycles. The number of ether oxygens (including phenoxy) is 1. The van der Waals surface area contributed by atoms with Gasteiger partial charge in [-0.25, -0.2) is 4.98 Å². The van der Waals surface area contributed by atoms with Gasteiger partial charge in [0.1, 0.15) is 5.69 Å². The highest BCUT2D eigenvalue weighted by Gasteiger charge is 2.32. The summed E-state index contributed by atoms with van der Waals surface area (Å²) in [4.78, 5) is 30.5. The summed E-state index contributed by atoms with van der Waals surface area (Å²) in [5, 5.41) is 1.75. The number of aromatic nitrogens is 1. The Bertz CT molecular complexity index is 790. The SMILES string of the molecule is COc1nc(C(=O)N2C[C@H](C(N)=O)CC[C@H]2C)cc2ccccc12. The molecule has 1 saturated heterocycles. The summed E-state index contributed by atoms with van der Waals surface area (Å²) >= 11 is 0. The Kier molecular flexibility index (Phi) is 4.38. The van der Waals surface area contributed by atoms with E-state index in [2.05, 4.69) is 4.98 Å². The van der Waals surface area contributed by atoms with Gasteiger partial charge in [-0.05, 0) is 37.3 Å². The van der Waals surface area contributed by atoms with E-state index in [1.807, 2.05) is 31.2 Å². The van der Waals surface area contributed by atoms with Gasteiger partial charge in [-0.15, -0.1) is 0 Å². The van der Waals surface area contributed by atoms with E-state index in [-0.39, 0.29) is 23.8 Å². The lowest BCUT2D eigenvalue weighted by molar-refractivity contribution is -0.123. The van der Waals surface area contributed by atoms with Gasteiger partial charge in [-0.1, -0.05) is 18.2 Å². The third-order valence-electron chi connectivity index (χ3n) is 4.66. The fourth-order valence-electron chi connectivity index (χ4n) is 3.20. The van der Waals surface area contributed by atoms with E-state index in [0.29, 0.717) is 18.1 Å². The van der Waals surface area contributed by atoms with Crippen LogP contribution in [0, 0.1) is 5.92 Å². The van der Waals surface area contributed by atoms with Crippen LogP contribution in [0.3, 0.4) is 0 Å². The number of hydrogen-bond acceptors (Lipinski definition) is 4. The predicted octanol–water partition coefficient (Wildman–Crippen LogP) is 1.97. The van der Waals surface area contributed by atoms with Crippen LogP contribution in [-0.2, 0) is 4.79 Å². The minimum atomic E-state index is -0.358. The molecule has 2 amide bonds. The highest BCUT2D eigenvalue weighted by Crippen LogP contribution is 2.27. The van der Waals surface area contributed by atoms with Gasteiger partial charge in [0.25, 0.3) is 5.91 Å². The van der Waals surface area contributed by atoms with Gasteiger partial charge < -0.3 is 15.4 Å². The van der Waals surface area contributed by atoms with Gasteiger partial charge >= 0.3 is 0 Å². The van der Waals surface area contributed by atoms with Crippen LogP contribution >= 0.6 is 0 Å². The number of carbonyl (C=O) groups excluding carboxylic acids is 2. The number of carbonyl (C=O) groups is 2. The van der Waals surface area contributed by atoms with Crippen LogP contribution < -0.4 is 10.5 Å². The molecule has 1 aliphatic rings. The third kappa shape index (κ3) is 2.91. The van der Waals surface area contributed by atoms with Crippen molar-refractivity contribution in [2.45, 2.75) is 25.8 Å². The van der Waals surface area contributed by atoms with Gasteiger partial charge in [0.2, 0.25) is 11.8 Å². The number of piperidine rings is 1. The zero-order valence-electron chi connectivity index (χ0n) is 13.9. The van der Waals surface area contributed by atoms with Crippen LogP contribution in [0.4, 0.5) is 0 Å². The highest BCUT2D eigenvalue weighted by atomic mass is 16.5.